The lowest BCUT2D eigenvalue weighted by Gasteiger charge is -2.31. The Morgan fingerprint density at radius 2 is 1.97 bits per heavy atom. The minimum absolute atomic E-state index is 0.135. The standard InChI is InChI=1S/C27H32Cl2N6O3/c1-4-24(32-15-18-5-6-21(28)22(29)13-18)34-26(36)25(17(2)14-30)33-19-8-11-35(12-9-19)27(37)20-16-31-10-7-23(20)38-3/h4-7,10,13-14,16,19,32H,8-9,11-12,15,30H2,1-3H3,(H,34,36)/b17-14?,24-4+,33-25?. The number of hydrogen-bond donors (Lipinski definition) is 3. The van der Waals surface area contributed by atoms with E-state index in [4.69, 9.17) is 38.7 Å². The molecule has 1 aromatic heterocycles. The molecule has 0 saturated carbocycles. The van der Waals surface area contributed by atoms with Crippen LogP contribution in [0.5, 0.6) is 5.75 Å². The third kappa shape index (κ3) is 7.49. The zero-order chi connectivity index (χ0) is 27.7. The Labute approximate surface area is 232 Å². The second-order valence-corrected chi connectivity index (χ2v) is 9.50. The van der Waals surface area contributed by atoms with Gasteiger partial charge in [-0.2, -0.15) is 0 Å². The molecule has 1 saturated heterocycles. The molecule has 1 aliphatic heterocycles. The minimum atomic E-state index is -0.377. The normalized spacial score (nSPS) is 15.3. The molecule has 2 aromatic rings. The Morgan fingerprint density at radius 3 is 2.61 bits per heavy atom. The van der Waals surface area contributed by atoms with E-state index >= 15 is 0 Å². The second-order valence-electron chi connectivity index (χ2n) is 8.69. The SMILES string of the molecule is C/C=C(\NCc1ccc(Cl)c(Cl)c1)NC(=O)C(=NC1CCN(C(=O)c2cnccc2OC)CC1)C(C)=CN. The Bertz CT molecular complexity index is 1250. The van der Waals surface area contributed by atoms with Crippen molar-refractivity contribution in [3.8, 4) is 5.75 Å². The lowest BCUT2D eigenvalue weighted by Crippen LogP contribution is -2.41. The molecule has 1 fully saturated rings. The molecule has 4 N–H and O–H groups in total. The van der Waals surface area contributed by atoms with Crippen LogP contribution in [-0.4, -0.2) is 53.7 Å². The van der Waals surface area contributed by atoms with Gasteiger partial charge in [-0.15, -0.1) is 0 Å². The van der Waals surface area contributed by atoms with Crippen LogP contribution in [0.1, 0.15) is 42.6 Å². The molecule has 1 aliphatic rings. The maximum Gasteiger partial charge on any atom is 0.275 e. The van der Waals surface area contributed by atoms with Crippen molar-refractivity contribution in [3.63, 3.8) is 0 Å². The quantitative estimate of drug-likeness (QED) is 0.399. The van der Waals surface area contributed by atoms with E-state index in [0.717, 1.165) is 5.56 Å². The smallest absolute Gasteiger partial charge is 0.275 e. The average molecular weight is 559 g/mol. The first-order valence-corrected chi connectivity index (χ1v) is 12.9. The van der Waals surface area contributed by atoms with E-state index in [1.54, 1.807) is 42.3 Å². The number of nitrogens with one attached hydrogen (secondary N) is 2. The molecule has 11 heteroatoms. The molecular weight excluding hydrogens is 527 g/mol. The minimum Gasteiger partial charge on any atom is -0.496 e. The zero-order valence-electron chi connectivity index (χ0n) is 21.6. The van der Waals surface area contributed by atoms with Gasteiger partial charge in [0, 0.05) is 32.0 Å². The Kier molecular flexibility index (Phi) is 10.6. The van der Waals surface area contributed by atoms with Gasteiger partial charge in [0.05, 0.1) is 28.8 Å². The molecule has 0 aliphatic carbocycles. The van der Waals surface area contributed by atoms with Crippen LogP contribution in [0.3, 0.4) is 0 Å². The molecule has 38 heavy (non-hydrogen) atoms. The summed E-state index contributed by atoms with van der Waals surface area (Å²) in [4.78, 5) is 36.7. The van der Waals surface area contributed by atoms with E-state index in [-0.39, 0.29) is 23.6 Å². The van der Waals surface area contributed by atoms with Gasteiger partial charge >= 0.3 is 0 Å². The fourth-order valence-corrected chi connectivity index (χ4v) is 4.26. The first kappa shape index (κ1) is 29.0. The van der Waals surface area contributed by atoms with Crippen molar-refractivity contribution < 1.29 is 14.3 Å². The maximum atomic E-state index is 13.2. The predicted octanol–water partition coefficient (Wildman–Crippen LogP) is 4.07. The number of carbonyl (C=O) groups is 2. The van der Waals surface area contributed by atoms with Crippen LogP contribution in [0.2, 0.25) is 10.0 Å². The number of carbonyl (C=O) groups excluding carboxylic acids is 2. The molecule has 0 unspecified atom stereocenters. The van der Waals surface area contributed by atoms with Gasteiger partial charge in [0.1, 0.15) is 17.3 Å². The summed E-state index contributed by atoms with van der Waals surface area (Å²) in [6, 6.07) is 6.87. The number of aliphatic imine (C=N–C) groups is 1. The number of ether oxygens (including phenoxy) is 1. The Hall–Kier alpha value is -3.56. The van der Waals surface area contributed by atoms with Gasteiger partial charge in [-0.1, -0.05) is 29.3 Å². The van der Waals surface area contributed by atoms with Gasteiger partial charge in [0.15, 0.2) is 0 Å². The van der Waals surface area contributed by atoms with Gasteiger partial charge in [-0.3, -0.25) is 19.6 Å². The van der Waals surface area contributed by atoms with Crippen LogP contribution in [0.4, 0.5) is 0 Å². The molecule has 9 nitrogen and oxygen atoms in total. The van der Waals surface area contributed by atoms with Crippen LogP contribution >= 0.6 is 23.2 Å². The highest BCUT2D eigenvalue weighted by Gasteiger charge is 2.27. The van der Waals surface area contributed by atoms with Crippen molar-refractivity contribution in [2.75, 3.05) is 20.2 Å². The van der Waals surface area contributed by atoms with Gasteiger partial charge in [-0.05, 0) is 68.3 Å². The lowest BCUT2D eigenvalue weighted by atomic mass is 10.0. The predicted molar refractivity (Wildman–Crippen MR) is 150 cm³/mol. The number of nitrogens with two attached hydrogens (primary N) is 1. The van der Waals surface area contributed by atoms with Crippen molar-refractivity contribution in [2.45, 2.75) is 39.3 Å². The molecule has 202 valence electrons. The number of benzene rings is 1. The molecule has 0 radical (unpaired) electrons. The number of hydrogen-bond acceptors (Lipinski definition) is 7. The van der Waals surface area contributed by atoms with E-state index in [0.29, 0.717) is 65.2 Å². The highest BCUT2D eigenvalue weighted by atomic mass is 35.5. The summed E-state index contributed by atoms with van der Waals surface area (Å²) in [7, 11) is 1.52. The first-order chi connectivity index (χ1) is 18.3. The Balaban J connectivity index is 1.64. The van der Waals surface area contributed by atoms with Gasteiger partial charge in [0.2, 0.25) is 0 Å². The second kappa shape index (κ2) is 13.8. The number of nitrogens with zero attached hydrogens (tertiary/aromatic N) is 3. The summed E-state index contributed by atoms with van der Waals surface area (Å²) in [6.45, 7) is 4.98. The topological polar surface area (TPSA) is 122 Å². The summed E-state index contributed by atoms with van der Waals surface area (Å²) in [6.07, 6.45) is 7.43. The number of methoxy groups -OCH3 is 1. The van der Waals surface area contributed by atoms with Gasteiger partial charge < -0.3 is 26.0 Å². The number of piperidine rings is 1. The largest absolute Gasteiger partial charge is 0.496 e. The maximum absolute atomic E-state index is 13.2. The molecule has 2 amide bonds. The molecule has 0 bridgehead atoms. The average Bonchev–Trinajstić information content (AvgIpc) is 2.95. The monoisotopic (exact) mass is 558 g/mol. The van der Waals surface area contributed by atoms with Crippen LogP contribution in [-0.2, 0) is 11.3 Å². The number of pyridine rings is 1. The molecule has 1 aromatic carbocycles. The first-order valence-electron chi connectivity index (χ1n) is 12.2. The van der Waals surface area contributed by atoms with Crippen molar-refractivity contribution in [2.24, 2.45) is 10.7 Å². The number of rotatable bonds is 9. The van der Waals surface area contributed by atoms with E-state index in [1.165, 1.54) is 19.5 Å². The van der Waals surface area contributed by atoms with Crippen molar-refractivity contribution in [1.29, 1.82) is 0 Å². The molecule has 2 heterocycles. The van der Waals surface area contributed by atoms with E-state index in [1.807, 2.05) is 13.0 Å². The Morgan fingerprint density at radius 1 is 1.24 bits per heavy atom. The number of aromatic nitrogens is 1. The van der Waals surface area contributed by atoms with Crippen LogP contribution in [0.25, 0.3) is 0 Å². The molecule has 3 rings (SSSR count). The number of amides is 2. The van der Waals surface area contributed by atoms with Crippen molar-refractivity contribution >= 4 is 40.7 Å². The van der Waals surface area contributed by atoms with E-state index in [2.05, 4.69) is 15.6 Å². The number of likely N-dealkylation sites (tertiary alicyclic amines) is 1. The summed E-state index contributed by atoms with van der Waals surface area (Å²) >= 11 is 12.1. The van der Waals surface area contributed by atoms with Crippen molar-refractivity contribution in [1.82, 2.24) is 20.5 Å². The molecule has 0 spiro atoms. The van der Waals surface area contributed by atoms with E-state index < -0.39 is 0 Å². The highest BCUT2D eigenvalue weighted by molar-refractivity contribution is 6.45. The van der Waals surface area contributed by atoms with Crippen LogP contribution in [0.15, 0.2) is 65.3 Å². The highest BCUT2D eigenvalue weighted by Crippen LogP contribution is 2.23. The van der Waals surface area contributed by atoms with Crippen LogP contribution in [0, 0.1) is 0 Å². The van der Waals surface area contributed by atoms with Crippen LogP contribution < -0.4 is 21.1 Å². The molecule has 0 atom stereocenters. The fraction of sp³-hybridized carbons (Fsp3) is 0.333. The third-order valence-corrected chi connectivity index (χ3v) is 6.88. The third-order valence-electron chi connectivity index (χ3n) is 6.14. The lowest BCUT2D eigenvalue weighted by molar-refractivity contribution is -0.114. The fourth-order valence-electron chi connectivity index (χ4n) is 3.94. The number of halogens is 2. The number of allylic oxidation sites excluding steroid dienone is 1. The summed E-state index contributed by atoms with van der Waals surface area (Å²) in [5.41, 5.74) is 7.88. The zero-order valence-corrected chi connectivity index (χ0v) is 23.1. The summed E-state index contributed by atoms with van der Waals surface area (Å²) < 4.78 is 5.30. The summed E-state index contributed by atoms with van der Waals surface area (Å²) in [5, 5.41) is 6.99. The summed E-state index contributed by atoms with van der Waals surface area (Å²) in [5.74, 6) is 0.487. The van der Waals surface area contributed by atoms with Gasteiger partial charge in [0.25, 0.3) is 11.8 Å². The molecular formula is C27H32Cl2N6O3. The van der Waals surface area contributed by atoms with Crippen molar-refractivity contribution in [3.05, 3.63) is 81.5 Å². The van der Waals surface area contributed by atoms with E-state index in [9.17, 15) is 9.59 Å². The van der Waals surface area contributed by atoms with Gasteiger partial charge in [-0.25, -0.2) is 0 Å².